The number of nitrogens with one attached hydrogen (secondary N) is 1. The Kier molecular flexibility index (Phi) is 3.94. The first-order valence-corrected chi connectivity index (χ1v) is 9.16. The van der Waals surface area contributed by atoms with Crippen LogP contribution in [0, 0.1) is 0 Å². The Labute approximate surface area is 125 Å². The second-order valence-electron chi connectivity index (χ2n) is 5.86. The lowest BCUT2D eigenvalue weighted by molar-refractivity contribution is 0.0729. The van der Waals surface area contributed by atoms with Gasteiger partial charge < -0.3 is 15.2 Å². The van der Waals surface area contributed by atoms with Crippen molar-refractivity contribution in [2.45, 2.75) is 37.5 Å². The Morgan fingerprint density at radius 3 is 2.81 bits per heavy atom. The van der Waals surface area contributed by atoms with Crippen LogP contribution in [-0.2, 0) is 16.3 Å². The van der Waals surface area contributed by atoms with Crippen LogP contribution >= 0.6 is 0 Å². The van der Waals surface area contributed by atoms with Gasteiger partial charge in [0.2, 0.25) is 0 Å². The molecule has 3 atom stereocenters. The first-order valence-electron chi connectivity index (χ1n) is 7.34. The van der Waals surface area contributed by atoms with Gasteiger partial charge in [-0.25, -0.2) is 8.42 Å². The summed E-state index contributed by atoms with van der Waals surface area (Å²) in [5.74, 6) is 0.410. The Hall–Kier alpha value is -1.11. The van der Waals surface area contributed by atoms with E-state index >= 15 is 0 Å². The average molecular weight is 311 g/mol. The van der Waals surface area contributed by atoms with E-state index in [1.54, 1.807) is 0 Å². The molecular weight excluding hydrogens is 290 g/mol. The van der Waals surface area contributed by atoms with Crippen molar-refractivity contribution in [1.82, 2.24) is 5.32 Å². The third kappa shape index (κ3) is 2.93. The average Bonchev–Trinajstić information content (AvgIpc) is 2.71. The van der Waals surface area contributed by atoms with Crippen LogP contribution < -0.4 is 10.1 Å². The maximum atomic E-state index is 11.6. The maximum absolute atomic E-state index is 11.6. The number of hydrogen-bond acceptors (Lipinski definition) is 5. The van der Waals surface area contributed by atoms with Crippen LogP contribution in [0.5, 0.6) is 5.75 Å². The number of benzene rings is 1. The predicted molar refractivity (Wildman–Crippen MR) is 80.3 cm³/mol. The highest BCUT2D eigenvalue weighted by molar-refractivity contribution is 7.91. The highest BCUT2D eigenvalue weighted by Gasteiger charge is 2.38. The second-order valence-corrected chi connectivity index (χ2v) is 8.01. The Morgan fingerprint density at radius 1 is 1.33 bits per heavy atom. The van der Waals surface area contributed by atoms with Crippen LogP contribution in [0.3, 0.4) is 0 Å². The highest BCUT2D eigenvalue weighted by Crippen LogP contribution is 2.36. The van der Waals surface area contributed by atoms with E-state index in [9.17, 15) is 13.5 Å². The van der Waals surface area contributed by atoms with E-state index in [1.165, 1.54) is 5.56 Å². The molecule has 1 fully saturated rings. The number of aliphatic hydroxyl groups excluding tert-OH is 1. The number of sulfone groups is 1. The van der Waals surface area contributed by atoms with Gasteiger partial charge in [-0.05, 0) is 43.5 Å². The van der Waals surface area contributed by atoms with E-state index in [0.29, 0.717) is 11.8 Å². The molecule has 21 heavy (non-hydrogen) atoms. The molecule has 1 aliphatic carbocycles. The summed E-state index contributed by atoms with van der Waals surface area (Å²) in [6.07, 6.45) is 1.50. The summed E-state index contributed by atoms with van der Waals surface area (Å²) in [7, 11) is -1.24. The number of rotatable bonds is 3. The molecule has 1 aromatic rings. The van der Waals surface area contributed by atoms with E-state index < -0.39 is 22.0 Å². The fraction of sp³-hybridized carbons (Fsp3) is 0.600. The lowest BCUT2D eigenvalue weighted by Crippen LogP contribution is -2.30. The maximum Gasteiger partial charge on any atom is 0.156 e. The largest absolute Gasteiger partial charge is 0.486 e. The van der Waals surface area contributed by atoms with Gasteiger partial charge in [0, 0.05) is 6.04 Å². The Balaban J connectivity index is 1.87. The zero-order valence-corrected chi connectivity index (χ0v) is 12.9. The third-order valence-electron chi connectivity index (χ3n) is 4.36. The van der Waals surface area contributed by atoms with Gasteiger partial charge in [0.05, 0.1) is 11.5 Å². The van der Waals surface area contributed by atoms with Gasteiger partial charge >= 0.3 is 0 Å². The number of aliphatic hydroxyl groups is 1. The summed E-state index contributed by atoms with van der Waals surface area (Å²) in [5.41, 5.74) is 2.36. The molecule has 1 aromatic carbocycles. The minimum atomic E-state index is -3.19. The van der Waals surface area contributed by atoms with Gasteiger partial charge in [-0.2, -0.15) is 0 Å². The molecule has 0 aromatic heterocycles. The molecule has 1 saturated heterocycles. The van der Waals surface area contributed by atoms with Crippen molar-refractivity contribution in [3.05, 3.63) is 29.3 Å². The molecule has 1 heterocycles. The Morgan fingerprint density at radius 2 is 2.14 bits per heavy atom. The van der Waals surface area contributed by atoms with Crippen molar-refractivity contribution in [2.24, 2.45) is 0 Å². The number of ether oxygens (including phenoxy) is 1. The molecule has 3 unspecified atom stereocenters. The van der Waals surface area contributed by atoms with Crippen molar-refractivity contribution < 1.29 is 18.3 Å². The van der Waals surface area contributed by atoms with Crippen LogP contribution in [0.25, 0.3) is 0 Å². The van der Waals surface area contributed by atoms with Crippen LogP contribution in [0.1, 0.15) is 30.0 Å². The minimum Gasteiger partial charge on any atom is -0.486 e. The summed E-state index contributed by atoms with van der Waals surface area (Å²) in [5, 5.41) is 13.2. The topological polar surface area (TPSA) is 75.6 Å². The monoisotopic (exact) mass is 311 g/mol. The molecular formula is C15H21NO4S. The van der Waals surface area contributed by atoms with Crippen molar-refractivity contribution in [3.8, 4) is 5.75 Å². The van der Waals surface area contributed by atoms with Crippen molar-refractivity contribution in [2.75, 3.05) is 18.6 Å². The zero-order valence-electron chi connectivity index (χ0n) is 12.1. The lowest BCUT2D eigenvalue weighted by atomic mass is 9.87. The summed E-state index contributed by atoms with van der Waals surface area (Å²) >= 11 is 0. The van der Waals surface area contributed by atoms with Gasteiger partial charge in [0.1, 0.15) is 18.0 Å². The van der Waals surface area contributed by atoms with E-state index in [1.807, 2.05) is 19.2 Å². The fourth-order valence-electron chi connectivity index (χ4n) is 3.30. The number of fused-ring (bicyclic) bond motifs is 1. The van der Waals surface area contributed by atoms with E-state index in [4.69, 9.17) is 4.74 Å². The van der Waals surface area contributed by atoms with Crippen molar-refractivity contribution >= 4 is 9.84 Å². The molecule has 5 nitrogen and oxygen atoms in total. The SMILES string of the molecule is CNC1CCCc2c(OC3CS(=O)(=O)CC3O)cccc21. The quantitative estimate of drug-likeness (QED) is 0.864. The first-order chi connectivity index (χ1) is 10.00. The summed E-state index contributed by atoms with van der Waals surface area (Å²) in [4.78, 5) is 0. The van der Waals surface area contributed by atoms with Gasteiger partial charge in [-0.15, -0.1) is 0 Å². The molecule has 2 N–H and O–H groups in total. The fourth-order valence-corrected chi connectivity index (χ4v) is 4.96. The van der Waals surface area contributed by atoms with Crippen molar-refractivity contribution in [3.63, 3.8) is 0 Å². The first kappa shape index (κ1) is 14.8. The molecule has 2 aliphatic rings. The molecule has 0 amide bonds. The Bertz CT molecular complexity index is 629. The molecule has 1 aliphatic heterocycles. The molecule has 0 saturated carbocycles. The van der Waals surface area contributed by atoms with Gasteiger partial charge in [0.15, 0.2) is 9.84 Å². The highest BCUT2D eigenvalue weighted by atomic mass is 32.2. The standard InChI is InChI=1S/C15H21NO4S/c1-16-12-6-2-5-11-10(12)4-3-7-14(11)20-15-9-21(18,19)8-13(15)17/h3-4,7,12-13,15-17H,2,5-6,8-9H2,1H3. The predicted octanol–water partition coefficient (Wildman–Crippen LogP) is 0.820. The third-order valence-corrected chi connectivity index (χ3v) is 6.05. The molecule has 0 radical (unpaired) electrons. The van der Waals surface area contributed by atoms with Gasteiger partial charge in [0.25, 0.3) is 0 Å². The van der Waals surface area contributed by atoms with E-state index in [0.717, 1.165) is 24.8 Å². The molecule has 0 spiro atoms. The van der Waals surface area contributed by atoms with Crippen LogP contribution in [-0.4, -0.2) is 44.3 Å². The van der Waals surface area contributed by atoms with Gasteiger partial charge in [-0.3, -0.25) is 0 Å². The summed E-state index contributed by atoms with van der Waals surface area (Å²) in [6, 6.07) is 6.20. The van der Waals surface area contributed by atoms with Crippen LogP contribution in [0.4, 0.5) is 0 Å². The van der Waals surface area contributed by atoms with E-state index in [-0.39, 0.29) is 11.5 Å². The smallest absolute Gasteiger partial charge is 0.156 e. The normalized spacial score (nSPS) is 30.9. The summed E-state index contributed by atoms with van der Waals surface area (Å²) in [6.45, 7) is 0. The molecule has 0 bridgehead atoms. The van der Waals surface area contributed by atoms with Crippen LogP contribution in [0.15, 0.2) is 18.2 Å². The second kappa shape index (κ2) is 5.59. The minimum absolute atomic E-state index is 0.104. The van der Waals surface area contributed by atoms with Crippen LogP contribution in [0.2, 0.25) is 0 Å². The number of hydrogen-bond donors (Lipinski definition) is 2. The lowest BCUT2D eigenvalue weighted by Gasteiger charge is -2.28. The zero-order chi connectivity index (χ0) is 15.0. The summed E-state index contributed by atoms with van der Waals surface area (Å²) < 4.78 is 29.0. The molecule has 6 heteroatoms. The van der Waals surface area contributed by atoms with E-state index in [2.05, 4.69) is 11.4 Å². The molecule has 3 rings (SSSR count). The molecule has 116 valence electrons. The van der Waals surface area contributed by atoms with Crippen molar-refractivity contribution in [1.29, 1.82) is 0 Å². The van der Waals surface area contributed by atoms with Gasteiger partial charge in [-0.1, -0.05) is 12.1 Å².